The highest BCUT2D eigenvalue weighted by Crippen LogP contribution is 2.29. The van der Waals surface area contributed by atoms with Crippen LogP contribution in [0.5, 0.6) is 0 Å². The molecule has 0 aromatic carbocycles. The van der Waals surface area contributed by atoms with Crippen molar-refractivity contribution in [3.05, 3.63) is 23.2 Å². The molecule has 20 heavy (non-hydrogen) atoms. The third-order valence-electron chi connectivity index (χ3n) is 4.14. The van der Waals surface area contributed by atoms with Gasteiger partial charge in [-0.15, -0.1) is 0 Å². The van der Waals surface area contributed by atoms with Gasteiger partial charge in [-0.2, -0.15) is 0 Å². The number of piperidine rings is 1. The highest BCUT2D eigenvalue weighted by Gasteiger charge is 2.26. The van der Waals surface area contributed by atoms with E-state index < -0.39 is 0 Å². The fourth-order valence-electron chi connectivity index (χ4n) is 3.12. The van der Waals surface area contributed by atoms with Crippen molar-refractivity contribution in [2.75, 3.05) is 19.6 Å². The smallest absolute Gasteiger partial charge is 0.120 e. The molecule has 1 N–H and O–H groups in total. The van der Waals surface area contributed by atoms with Gasteiger partial charge in [0.25, 0.3) is 0 Å². The topological polar surface area (TPSA) is 28.4 Å². The second-order valence-electron chi connectivity index (χ2n) is 6.97. The molecule has 1 aromatic rings. The SMILES string of the molecule is CCCNCc1oc(CN2CCCC(C)(C)C2)cc1C. The minimum absolute atomic E-state index is 0.450. The van der Waals surface area contributed by atoms with E-state index in [1.807, 2.05) is 0 Å². The van der Waals surface area contributed by atoms with E-state index in [9.17, 15) is 0 Å². The molecule has 1 aliphatic heterocycles. The Morgan fingerprint density at radius 2 is 2.20 bits per heavy atom. The van der Waals surface area contributed by atoms with E-state index >= 15 is 0 Å². The minimum atomic E-state index is 0.450. The number of nitrogens with zero attached hydrogens (tertiary/aromatic N) is 1. The zero-order valence-corrected chi connectivity index (χ0v) is 13.6. The summed E-state index contributed by atoms with van der Waals surface area (Å²) in [4.78, 5) is 2.53. The number of nitrogens with one attached hydrogen (secondary N) is 1. The van der Waals surface area contributed by atoms with Crippen LogP contribution in [0.4, 0.5) is 0 Å². The second-order valence-corrected chi connectivity index (χ2v) is 6.97. The monoisotopic (exact) mass is 278 g/mol. The van der Waals surface area contributed by atoms with E-state index in [1.165, 1.54) is 31.5 Å². The predicted octanol–water partition coefficient (Wildman–Crippen LogP) is 3.71. The van der Waals surface area contributed by atoms with Crippen molar-refractivity contribution in [3.8, 4) is 0 Å². The van der Waals surface area contributed by atoms with E-state index in [4.69, 9.17) is 4.42 Å². The van der Waals surface area contributed by atoms with Crippen LogP contribution in [0, 0.1) is 12.3 Å². The van der Waals surface area contributed by atoms with E-state index in [2.05, 4.69) is 44.0 Å². The van der Waals surface area contributed by atoms with Gasteiger partial charge in [0.05, 0.1) is 13.1 Å². The lowest BCUT2D eigenvalue weighted by molar-refractivity contribution is 0.104. The molecule has 0 radical (unpaired) electrons. The van der Waals surface area contributed by atoms with Gasteiger partial charge in [0.2, 0.25) is 0 Å². The zero-order valence-electron chi connectivity index (χ0n) is 13.6. The van der Waals surface area contributed by atoms with Crippen molar-refractivity contribution >= 4 is 0 Å². The molecule has 1 aromatic heterocycles. The molecule has 2 heterocycles. The van der Waals surface area contributed by atoms with Gasteiger partial charge >= 0.3 is 0 Å². The van der Waals surface area contributed by atoms with Crippen LogP contribution in [0.1, 0.15) is 57.1 Å². The Bertz CT molecular complexity index is 423. The Morgan fingerprint density at radius 1 is 1.40 bits per heavy atom. The lowest BCUT2D eigenvalue weighted by Gasteiger charge is -2.37. The molecule has 0 aliphatic carbocycles. The van der Waals surface area contributed by atoms with Crippen LogP contribution in [0.25, 0.3) is 0 Å². The summed E-state index contributed by atoms with van der Waals surface area (Å²) >= 11 is 0. The molecule has 0 amide bonds. The number of hydrogen-bond acceptors (Lipinski definition) is 3. The van der Waals surface area contributed by atoms with Crippen LogP contribution < -0.4 is 5.32 Å². The summed E-state index contributed by atoms with van der Waals surface area (Å²) in [6, 6.07) is 2.21. The Labute approximate surface area is 123 Å². The Morgan fingerprint density at radius 3 is 2.90 bits per heavy atom. The van der Waals surface area contributed by atoms with Crippen molar-refractivity contribution in [3.63, 3.8) is 0 Å². The first-order valence-corrected chi connectivity index (χ1v) is 8.01. The highest BCUT2D eigenvalue weighted by molar-refractivity contribution is 5.20. The highest BCUT2D eigenvalue weighted by atomic mass is 16.3. The molecule has 0 spiro atoms. The molecule has 2 rings (SSSR count). The maximum Gasteiger partial charge on any atom is 0.120 e. The number of furan rings is 1. The summed E-state index contributed by atoms with van der Waals surface area (Å²) in [5.41, 5.74) is 1.73. The van der Waals surface area contributed by atoms with E-state index in [-0.39, 0.29) is 0 Å². The summed E-state index contributed by atoms with van der Waals surface area (Å²) in [6.45, 7) is 14.3. The van der Waals surface area contributed by atoms with E-state index in [0.717, 1.165) is 37.6 Å². The first-order valence-electron chi connectivity index (χ1n) is 8.01. The molecule has 0 saturated carbocycles. The molecule has 114 valence electrons. The number of hydrogen-bond donors (Lipinski definition) is 1. The van der Waals surface area contributed by atoms with Gasteiger partial charge in [0.15, 0.2) is 0 Å². The number of likely N-dealkylation sites (tertiary alicyclic amines) is 1. The number of aryl methyl sites for hydroxylation is 1. The fraction of sp³-hybridized carbons (Fsp3) is 0.765. The van der Waals surface area contributed by atoms with Gasteiger partial charge in [-0.1, -0.05) is 20.8 Å². The van der Waals surface area contributed by atoms with Gasteiger partial charge in [0, 0.05) is 6.54 Å². The minimum Gasteiger partial charge on any atom is -0.463 e. The van der Waals surface area contributed by atoms with E-state index in [0.29, 0.717) is 5.41 Å². The number of rotatable bonds is 6. The molecule has 0 unspecified atom stereocenters. The molecule has 1 aliphatic rings. The van der Waals surface area contributed by atoms with Gasteiger partial charge in [-0.3, -0.25) is 4.90 Å². The van der Waals surface area contributed by atoms with Crippen LogP contribution in [0.2, 0.25) is 0 Å². The largest absolute Gasteiger partial charge is 0.463 e. The molecular weight excluding hydrogens is 248 g/mol. The van der Waals surface area contributed by atoms with Crippen LogP contribution >= 0.6 is 0 Å². The van der Waals surface area contributed by atoms with Crippen molar-refractivity contribution in [2.24, 2.45) is 5.41 Å². The third kappa shape index (κ3) is 4.35. The maximum absolute atomic E-state index is 6.03. The molecule has 1 saturated heterocycles. The average molecular weight is 278 g/mol. The van der Waals surface area contributed by atoms with Crippen molar-refractivity contribution in [1.82, 2.24) is 10.2 Å². The van der Waals surface area contributed by atoms with Gasteiger partial charge < -0.3 is 9.73 Å². The van der Waals surface area contributed by atoms with Crippen LogP contribution in [0.15, 0.2) is 10.5 Å². The Hall–Kier alpha value is -0.800. The standard InChI is InChI=1S/C17H30N2O/c1-5-8-18-11-16-14(2)10-15(20-16)12-19-9-6-7-17(3,4)13-19/h10,18H,5-9,11-13H2,1-4H3. The quantitative estimate of drug-likeness (QED) is 0.804. The first-order chi connectivity index (χ1) is 9.50. The maximum atomic E-state index is 6.03. The molecule has 0 atom stereocenters. The van der Waals surface area contributed by atoms with Crippen molar-refractivity contribution < 1.29 is 4.42 Å². The summed E-state index contributed by atoms with van der Waals surface area (Å²) in [6.07, 6.45) is 3.81. The third-order valence-corrected chi connectivity index (χ3v) is 4.14. The van der Waals surface area contributed by atoms with Crippen LogP contribution in [-0.2, 0) is 13.1 Å². The summed E-state index contributed by atoms with van der Waals surface area (Å²) in [5, 5.41) is 3.41. The molecule has 3 heteroatoms. The molecule has 1 fully saturated rings. The normalized spacial score (nSPS) is 19.4. The van der Waals surface area contributed by atoms with Crippen molar-refractivity contribution in [1.29, 1.82) is 0 Å². The second kappa shape index (κ2) is 6.77. The van der Waals surface area contributed by atoms with E-state index in [1.54, 1.807) is 0 Å². The Balaban J connectivity index is 1.91. The lowest BCUT2D eigenvalue weighted by Crippen LogP contribution is -2.39. The molecule has 3 nitrogen and oxygen atoms in total. The van der Waals surface area contributed by atoms with Crippen LogP contribution in [-0.4, -0.2) is 24.5 Å². The van der Waals surface area contributed by atoms with Gasteiger partial charge in [-0.25, -0.2) is 0 Å². The summed E-state index contributed by atoms with van der Waals surface area (Å²) in [7, 11) is 0. The Kier molecular flexibility index (Phi) is 5.28. The van der Waals surface area contributed by atoms with Crippen molar-refractivity contribution in [2.45, 2.75) is 60.0 Å². The lowest BCUT2D eigenvalue weighted by atomic mass is 9.84. The summed E-state index contributed by atoms with van der Waals surface area (Å²) in [5.74, 6) is 2.22. The summed E-state index contributed by atoms with van der Waals surface area (Å²) < 4.78 is 6.03. The zero-order chi connectivity index (χ0) is 14.6. The van der Waals surface area contributed by atoms with Gasteiger partial charge in [0.1, 0.15) is 11.5 Å². The molecule has 0 bridgehead atoms. The predicted molar refractivity (Wildman–Crippen MR) is 83.7 cm³/mol. The first kappa shape index (κ1) is 15.6. The van der Waals surface area contributed by atoms with Gasteiger partial charge in [-0.05, 0) is 56.3 Å². The average Bonchev–Trinajstić information content (AvgIpc) is 2.69. The van der Waals surface area contributed by atoms with Crippen LogP contribution in [0.3, 0.4) is 0 Å². The molecular formula is C17H30N2O. The fourth-order valence-corrected chi connectivity index (χ4v) is 3.12.